The Labute approximate surface area is 238 Å². The van der Waals surface area contributed by atoms with Crippen LogP contribution in [-0.4, -0.2) is 122 Å². The number of rotatable bonds is 6. The molecule has 2 rings (SSSR count). The van der Waals surface area contributed by atoms with Crippen LogP contribution in [0.1, 0.15) is 68.2 Å². The highest BCUT2D eigenvalue weighted by Gasteiger charge is 2.47. The molecule has 2 fully saturated rings. The molecule has 2 aliphatic rings. The van der Waals surface area contributed by atoms with Crippen molar-refractivity contribution < 1.29 is 54.5 Å². The summed E-state index contributed by atoms with van der Waals surface area (Å²) < 4.78 is 64.2. The molecule has 0 unspecified atom stereocenters. The molecule has 4 atom stereocenters. The molecule has 2 heterocycles. The molecule has 0 bridgehead atoms. The van der Waals surface area contributed by atoms with Gasteiger partial charge in [0.05, 0.1) is 49.0 Å². The molecule has 0 aliphatic carbocycles. The van der Waals surface area contributed by atoms with Gasteiger partial charge in [0.15, 0.2) is 0 Å². The summed E-state index contributed by atoms with van der Waals surface area (Å²) in [5.41, 5.74) is -3.73. The van der Waals surface area contributed by atoms with E-state index in [4.69, 9.17) is 17.8 Å². The van der Waals surface area contributed by atoms with E-state index in [-0.39, 0.29) is 13.2 Å². The lowest BCUT2D eigenvalue weighted by Crippen LogP contribution is -2.49. The molecule has 2 aliphatic heterocycles. The molecule has 0 saturated carbocycles. The van der Waals surface area contributed by atoms with Crippen LogP contribution < -0.4 is 0 Å². The van der Waals surface area contributed by atoms with Crippen molar-refractivity contribution in [2.24, 2.45) is 0 Å². The largest absolute Gasteiger partial charge is 0.444 e. The first-order chi connectivity index (χ1) is 17.6. The van der Waals surface area contributed by atoms with Crippen molar-refractivity contribution in [2.75, 3.05) is 38.8 Å². The maximum Gasteiger partial charge on any atom is 0.410 e. The predicted molar refractivity (Wildman–Crippen MR) is 146 cm³/mol. The molecule has 16 heteroatoms. The van der Waals surface area contributed by atoms with E-state index in [2.05, 4.69) is 0 Å². The summed E-state index contributed by atoms with van der Waals surface area (Å²) in [5.74, 6) is 0. The van der Waals surface area contributed by atoms with Gasteiger partial charge in [-0.05, 0) is 68.2 Å². The summed E-state index contributed by atoms with van der Waals surface area (Å²) >= 11 is 0. The van der Waals surface area contributed by atoms with Crippen molar-refractivity contribution >= 4 is 32.4 Å². The van der Waals surface area contributed by atoms with Crippen LogP contribution in [0.4, 0.5) is 9.59 Å². The molecule has 2 saturated heterocycles. The maximum atomic E-state index is 12.1. The van der Waals surface area contributed by atoms with E-state index in [0.29, 0.717) is 25.9 Å². The average Bonchev–Trinajstić information content (AvgIpc) is 3.16. The molecule has 0 aromatic rings. The first kappa shape index (κ1) is 36.3. The van der Waals surface area contributed by atoms with Gasteiger partial charge in [0.25, 0.3) is 20.2 Å². The average molecular weight is 619 g/mol. The molecular formula is C24H46N2O12S2. The Morgan fingerprint density at radius 3 is 1.23 bits per heavy atom. The highest BCUT2D eigenvalue weighted by Crippen LogP contribution is 2.31. The van der Waals surface area contributed by atoms with Gasteiger partial charge in [-0.25, -0.2) is 9.59 Å². The molecule has 2 N–H and O–H groups in total. The van der Waals surface area contributed by atoms with E-state index in [9.17, 15) is 36.6 Å². The van der Waals surface area contributed by atoms with Crippen molar-refractivity contribution in [1.29, 1.82) is 0 Å². The van der Waals surface area contributed by atoms with Crippen LogP contribution in [0.15, 0.2) is 0 Å². The van der Waals surface area contributed by atoms with Crippen LogP contribution in [0.3, 0.4) is 0 Å². The first-order valence-corrected chi connectivity index (χ1v) is 16.4. The predicted octanol–water partition coefficient (Wildman–Crippen LogP) is 1.45. The fraction of sp³-hybridized carbons (Fsp3) is 0.917. The van der Waals surface area contributed by atoms with Gasteiger partial charge in [0, 0.05) is 13.1 Å². The topological polar surface area (TPSA) is 186 Å². The Balaban J connectivity index is 0.000000400. The number of amides is 2. The van der Waals surface area contributed by atoms with Crippen molar-refractivity contribution in [2.45, 2.75) is 103 Å². The fourth-order valence-electron chi connectivity index (χ4n) is 4.00. The molecule has 0 radical (unpaired) electrons. The summed E-state index contributed by atoms with van der Waals surface area (Å²) in [7, 11) is -7.27. The van der Waals surface area contributed by atoms with E-state index >= 15 is 0 Å². The summed E-state index contributed by atoms with van der Waals surface area (Å²) in [5, 5.41) is 20.5. The third-order valence-electron chi connectivity index (χ3n) is 6.04. The number of carbonyl (C=O) groups excluding carboxylic acids is 2. The number of hydrogen-bond acceptors (Lipinski definition) is 12. The summed E-state index contributed by atoms with van der Waals surface area (Å²) in [4.78, 5) is 26.8. The van der Waals surface area contributed by atoms with Gasteiger partial charge >= 0.3 is 12.2 Å². The Bertz CT molecular complexity index is 1020. The van der Waals surface area contributed by atoms with Gasteiger partial charge in [-0.2, -0.15) is 16.8 Å². The van der Waals surface area contributed by atoms with Crippen LogP contribution in [0.2, 0.25) is 0 Å². The molecule has 0 spiro atoms. The van der Waals surface area contributed by atoms with Crippen molar-refractivity contribution in [3.63, 3.8) is 0 Å². The Kier molecular flexibility index (Phi) is 11.5. The zero-order valence-electron chi connectivity index (χ0n) is 25.1. The normalized spacial score (nSPS) is 27.7. The number of nitrogens with zero attached hydrogens (tertiary/aromatic N) is 2. The first-order valence-electron chi connectivity index (χ1n) is 12.8. The van der Waals surface area contributed by atoms with E-state index in [1.807, 2.05) is 0 Å². The summed E-state index contributed by atoms with van der Waals surface area (Å²) in [6.07, 6.45) is 1.35. The molecular weight excluding hydrogens is 572 g/mol. The standard InChI is InChI=1S/2C12H23NO6S/c2*1-11(2,3)19-10(14)13-7-6-12(4,15)9(13)8-18-20(5,16)17/h2*9,15H,6-8H2,1-5H3/t2*9-,12+/m10/s1. The second-order valence-corrected chi connectivity index (χ2v) is 15.9. The van der Waals surface area contributed by atoms with Gasteiger partial charge in [0.2, 0.25) is 0 Å². The monoisotopic (exact) mass is 618 g/mol. The van der Waals surface area contributed by atoms with Gasteiger partial charge < -0.3 is 19.7 Å². The highest BCUT2D eigenvalue weighted by molar-refractivity contribution is 7.86. The van der Waals surface area contributed by atoms with Crippen LogP contribution in [0, 0.1) is 0 Å². The second kappa shape index (κ2) is 12.7. The number of likely N-dealkylation sites (tertiary alicyclic amines) is 2. The van der Waals surface area contributed by atoms with Crippen molar-refractivity contribution in [1.82, 2.24) is 9.80 Å². The van der Waals surface area contributed by atoms with Crippen LogP contribution in [0.5, 0.6) is 0 Å². The SMILES string of the molecule is CC(C)(C)OC(=O)N1CC[C@@](C)(O)[C@@H]1COS(C)(=O)=O.CC(C)(C)OC(=O)N1CC[C@](C)(O)[C@H]1COS(C)(=O)=O. The highest BCUT2D eigenvalue weighted by atomic mass is 32.2. The molecule has 0 aromatic heterocycles. The lowest BCUT2D eigenvalue weighted by atomic mass is 9.98. The van der Waals surface area contributed by atoms with Crippen molar-refractivity contribution in [3.05, 3.63) is 0 Å². The second-order valence-electron chi connectivity index (χ2n) is 12.6. The van der Waals surface area contributed by atoms with Crippen LogP contribution in [0.25, 0.3) is 0 Å². The molecule has 14 nitrogen and oxygen atoms in total. The van der Waals surface area contributed by atoms with Crippen LogP contribution in [-0.2, 0) is 38.1 Å². The number of ether oxygens (including phenoxy) is 2. The number of aliphatic hydroxyl groups is 2. The molecule has 40 heavy (non-hydrogen) atoms. The third-order valence-corrected chi connectivity index (χ3v) is 7.17. The Morgan fingerprint density at radius 2 is 1.00 bits per heavy atom. The van der Waals surface area contributed by atoms with Gasteiger partial charge in [0.1, 0.15) is 11.2 Å². The molecule has 0 aromatic carbocycles. The van der Waals surface area contributed by atoms with Gasteiger partial charge in [-0.3, -0.25) is 18.2 Å². The van der Waals surface area contributed by atoms with E-state index in [1.54, 1.807) is 55.4 Å². The zero-order chi connectivity index (χ0) is 31.5. The van der Waals surface area contributed by atoms with Crippen LogP contribution >= 0.6 is 0 Å². The minimum absolute atomic E-state index is 0.287. The maximum absolute atomic E-state index is 12.1. The molecule has 2 amide bonds. The fourth-order valence-corrected chi connectivity index (χ4v) is 4.76. The zero-order valence-corrected chi connectivity index (χ0v) is 26.7. The summed E-state index contributed by atoms with van der Waals surface area (Å²) in [6.45, 7) is 13.5. The smallest absolute Gasteiger partial charge is 0.410 e. The van der Waals surface area contributed by atoms with E-state index in [0.717, 1.165) is 12.5 Å². The third kappa shape index (κ3) is 12.4. The van der Waals surface area contributed by atoms with Gasteiger partial charge in [-0.1, -0.05) is 0 Å². The minimum atomic E-state index is -3.64. The number of carbonyl (C=O) groups is 2. The number of hydrogen-bond donors (Lipinski definition) is 2. The molecule has 236 valence electrons. The Hall–Kier alpha value is -1.72. The quantitative estimate of drug-likeness (QED) is 0.409. The minimum Gasteiger partial charge on any atom is -0.444 e. The Morgan fingerprint density at radius 1 is 0.725 bits per heavy atom. The lowest BCUT2D eigenvalue weighted by molar-refractivity contribution is -0.0179. The van der Waals surface area contributed by atoms with Gasteiger partial charge in [-0.15, -0.1) is 0 Å². The van der Waals surface area contributed by atoms with E-state index < -0.39 is 66.9 Å². The van der Waals surface area contributed by atoms with Crippen molar-refractivity contribution in [3.8, 4) is 0 Å². The van der Waals surface area contributed by atoms with E-state index in [1.165, 1.54) is 9.80 Å². The lowest BCUT2D eigenvalue weighted by Gasteiger charge is -2.32. The summed E-state index contributed by atoms with van der Waals surface area (Å²) in [6, 6.07) is -1.51.